The van der Waals surface area contributed by atoms with E-state index in [2.05, 4.69) is 4.72 Å². The maximum atomic E-state index is 12.5. The summed E-state index contributed by atoms with van der Waals surface area (Å²) in [6.07, 6.45) is 0. The Labute approximate surface area is 124 Å². The number of methoxy groups -OCH3 is 1. The van der Waals surface area contributed by atoms with Gasteiger partial charge in [0.05, 0.1) is 7.11 Å². The summed E-state index contributed by atoms with van der Waals surface area (Å²) < 4.78 is 32.7. The minimum absolute atomic E-state index is 0.0350. The van der Waals surface area contributed by atoms with Crippen molar-refractivity contribution in [1.29, 1.82) is 0 Å². The molecule has 0 bridgehead atoms. The molecule has 6 heteroatoms. The van der Waals surface area contributed by atoms with Crippen LogP contribution in [0.3, 0.4) is 0 Å². The van der Waals surface area contributed by atoms with E-state index in [4.69, 9.17) is 10.5 Å². The molecular formula is C15H18N2O3S. The highest BCUT2D eigenvalue weighted by Gasteiger charge is 2.22. The number of anilines is 1. The SMILES string of the molecule is COc1ccc(N)cc1S(=O)(=O)N[C@@H](C)c1ccccc1. The Bertz CT molecular complexity index is 715. The van der Waals surface area contributed by atoms with Crippen molar-refractivity contribution in [1.82, 2.24) is 4.72 Å². The molecule has 0 saturated carbocycles. The molecule has 0 unspecified atom stereocenters. The fourth-order valence-electron chi connectivity index (χ4n) is 2.01. The summed E-state index contributed by atoms with van der Waals surface area (Å²) in [5, 5.41) is 0. The van der Waals surface area contributed by atoms with Crippen LogP contribution in [0.4, 0.5) is 5.69 Å². The molecule has 0 radical (unpaired) electrons. The smallest absolute Gasteiger partial charge is 0.244 e. The van der Waals surface area contributed by atoms with Gasteiger partial charge in [-0.2, -0.15) is 0 Å². The average Bonchev–Trinajstić information content (AvgIpc) is 2.47. The van der Waals surface area contributed by atoms with Crippen LogP contribution in [0.5, 0.6) is 5.75 Å². The molecule has 21 heavy (non-hydrogen) atoms. The molecule has 0 spiro atoms. The Kier molecular flexibility index (Phi) is 4.50. The second-order valence-corrected chi connectivity index (χ2v) is 6.35. The monoisotopic (exact) mass is 306 g/mol. The fraction of sp³-hybridized carbons (Fsp3) is 0.200. The maximum Gasteiger partial charge on any atom is 0.244 e. The largest absolute Gasteiger partial charge is 0.495 e. The third-order valence-corrected chi connectivity index (χ3v) is 4.67. The van der Waals surface area contributed by atoms with Gasteiger partial charge in [0, 0.05) is 11.7 Å². The lowest BCUT2D eigenvalue weighted by molar-refractivity contribution is 0.402. The van der Waals surface area contributed by atoms with Crippen molar-refractivity contribution in [2.45, 2.75) is 17.9 Å². The van der Waals surface area contributed by atoms with Crippen molar-refractivity contribution in [3.05, 3.63) is 54.1 Å². The van der Waals surface area contributed by atoms with Crippen LogP contribution < -0.4 is 15.2 Å². The van der Waals surface area contributed by atoms with E-state index in [1.54, 1.807) is 13.0 Å². The summed E-state index contributed by atoms with van der Waals surface area (Å²) in [7, 11) is -2.31. The zero-order valence-corrected chi connectivity index (χ0v) is 12.7. The summed E-state index contributed by atoms with van der Waals surface area (Å²) in [4.78, 5) is 0.0350. The molecule has 0 aliphatic rings. The van der Waals surface area contributed by atoms with Crippen LogP contribution in [-0.2, 0) is 10.0 Å². The third kappa shape index (κ3) is 3.53. The Morgan fingerprint density at radius 1 is 1.14 bits per heavy atom. The van der Waals surface area contributed by atoms with Gasteiger partial charge in [-0.25, -0.2) is 13.1 Å². The van der Waals surface area contributed by atoms with E-state index >= 15 is 0 Å². The van der Waals surface area contributed by atoms with Crippen molar-refractivity contribution in [2.75, 3.05) is 12.8 Å². The van der Waals surface area contributed by atoms with Gasteiger partial charge in [0.2, 0.25) is 10.0 Å². The van der Waals surface area contributed by atoms with Gasteiger partial charge in [0.1, 0.15) is 10.6 Å². The highest BCUT2D eigenvalue weighted by atomic mass is 32.2. The topological polar surface area (TPSA) is 81.4 Å². The second-order valence-electron chi connectivity index (χ2n) is 4.66. The second kappa shape index (κ2) is 6.15. The molecule has 0 aromatic heterocycles. The van der Waals surface area contributed by atoms with Crippen LogP contribution in [-0.4, -0.2) is 15.5 Å². The third-order valence-electron chi connectivity index (χ3n) is 3.11. The van der Waals surface area contributed by atoms with E-state index in [9.17, 15) is 8.42 Å². The van der Waals surface area contributed by atoms with Gasteiger partial charge in [0.15, 0.2) is 0 Å². The molecule has 0 aliphatic heterocycles. The Hall–Kier alpha value is -2.05. The van der Waals surface area contributed by atoms with Crippen molar-refractivity contribution in [3.8, 4) is 5.75 Å². The lowest BCUT2D eigenvalue weighted by Crippen LogP contribution is -2.27. The molecule has 0 saturated heterocycles. The molecule has 0 heterocycles. The minimum atomic E-state index is -3.73. The Morgan fingerprint density at radius 3 is 2.43 bits per heavy atom. The lowest BCUT2D eigenvalue weighted by Gasteiger charge is -2.16. The number of rotatable bonds is 5. The molecular weight excluding hydrogens is 288 g/mol. The number of sulfonamides is 1. The van der Waals surface area contributed by atoms with Crippen LogP contribution in [0.1, 0.15) is 18.5 Å². The first-order chi connectivity index (χ1) is 9.94. The number of hydrogen-bond acceptors (Lipinski definition) is 4. The van der Waals surface area contributed by atoms with E-state index in [1.165, 1.54) is 19.2 Å². The van der Waals surface area contributed by atoms with Gasteiger partial charge in [-0.15, -0.1) is 0 Å². The summed E-state index contributed by atoms with van der Waals surface area (Å²) >= 11 is 0. The zero-order chi connectivity index (χ0) is 15.5. The number of nitrogens with two attached hydrogens (primary N) is 1. The number of nitrogen functional groups attached to an aromatic ring is 1. The normalized spacial score (nSPS) is 12.9. The summed E-state index contributed by atoms with van der Waals surface area (Å²) in [6.45, 7) is 1.78. The number of benzene rings is 2. The standard InChI is InChI=1S/C15H18N2O3S/c1-11(12-6-4-3-5-7-12)17-21(18,19)15-10-13(16)8-9-14(15)20-2/h3-11,17H,16H2,1-2H3/t11-/m0/s1. The molecule has 1 atom stereocenters. The quantitative estimate of drug-likeness (QED) is 0.831. The molecule has 5 nitrogen and oxygen atoms in total. The molecule has 2 aromatic carbocycles. The maximum absolute atomic E-state index is 12.5. The van der Waals surface area contributed by atoms with Gasteiger partial charge in [0.25, 0.3) is 0 Å². The van der Waals surface area contributed by atoms with Gasteiger partial charge in [-0.05, 0) is 30.7 Å². The van der Waals surface area contributed by atoms with Gasteiger partial charge < -0.3 is 10.5 Å². The van der Waals surface area contributed by atoms with E-state index in [0.29, 0.717) is 5.69 Å². The number of nitrogens with one attached hydrogen (secondary N) is 1. The van der Waals surface area contributed by atoms with E-state index < -0.39 is 10.0 Å². The molecule has 0 aliphatic carbocycles. The van der Waals surface area contributed by atoms with Crippen molar-refractivity contribution in [2.24, 2.45) is 0 Å². The fourth-order valence-corrected chi connectivity index (χ4v) is 3.45. The summed E-state index contributed by atoms with van der Waals surface area (Å²) in [6, 6.07) is 13.5. The van der Waals surface area contributed by atoms with Crippen molar-refractivity contribution in [3.63, 3.8) is 0 Å². The molecule has 0 amide bonds. The van der Waals surface area contributed by atoms with Crippen LogP contribution in [0.15, 0.2) is 53.4 Å². The van der Waals surface area contributed by atoms with E-state index in [-0.39, 0.29) is 16.7 Å². The van der Waals surface area contributed by atoms with Crippen LogP contribution in [0.25, 0.3) is 0 Å². The summed E-state index contributed by atoms with van der Waals surface area (Å²) in [5.74, 6) is 0.261. The molecule has 2 aromatic rings. The summed E-state index contributed by atoms with van der Waals surface area (Å²) in [5.41, 5.74) is 6.92. The zero-order valence-electron chi connectivity index (χ0n) is 11.9. The highest BCUT2D eigenvalue weighted by Crippen LogP contribution is 2.27. The first kappa shape index (κ1) is 15.3. The lowest BCUT2D eigenvalue weighted by atomic mass is 10.1. The van der Waals surface area contributed by atoms with Crippen molar-refractivity contribution >= 4 is 15.7 Å². The van der Waals surface area contributed by atoms with Crippen molar-refractivity contribution < 1.29 is 13.2 Å². The molecule has 0 fully saturated rings. The average molecular weight is 306 g/mol. The first-order valence-electron chi connectivity index (χ1n) is 6.45. The minimum Gasteiger partial charge on any atom is -0.495 e. The Balaban J connectivity index is 2.33. The number of ether oxygens (including phenoxy) is 1. The van der Waals surface area contributed by atoms with Gasteiger partial charge in [-0.3, -0.25) is 0 Å². The molecule has 112 valence electrons. The van der Waals surface area contributed by atoms with Crippen LogP contribution in [0.2, 0.25) is 0 Å². The molecule has 3 N–H and O–H groups in total. The van der Waals surface area contributed by atoms with Crippen LogP contribution >= 0.6 is 0 Å². The van der Waals surface area contributed by atoms with Gasteiger partial charge >= 0.3 is 0 Å². The van der Waals surface area contributed by atoms with E-state index in [1.807, 2.05) is 30.3 Å². The highest BCUT2D eigenvalue weighted by molar-refractivity contribution is 7.89. The predicted molar refractivity (Wildman–Crippen MR) is 82.6 cm³/mol. The van der Waals surface area contributed by atoms with Crippen LogP contribution in [0, 0.1) is 0 Å². The van der Waals surface area contributed by atoms with E-state index in [0.717, 1.165) is 5.56 Å². The Morgan fingerprint density at radius 2 is 1.81 bits per heavy atom. The first-order valence-corrected chi connectivity index (χ1v) is 7.93. The molecule has 2 rings (SSSR count). The predicted octanol–water partition coefficient (Wildman–Crippen LogP) is 2.32. The van der Waals surface area contributed by atoms with Gasteiger partial charge in [-0.1, -0.05) is 30.3 Å². The number of hydrogen-bond donors (Lipinski definition) is 2.